The maximum Gasteiger partial charge on any atom is 0.452 e. The topological polar surface area (TPSA) is 69.4 Å². The number of methoxy groups -OCH3 is 1. The summed E-state index contributed by atoms with van der Waals surface area (Å²) in [6.45, 7) is 3.82. The first-order valence-corrected chi connectivity index (χ1v) is 8.77. The number of rotatable bonds is 4. The van der Waals surface area contributed by atoms with E-state index in [1.54, 1.807) is 12.1 Å². The van der Waals surface area contributed by atoms with Crippen molar-refractivity contribution in [2.75, 3.05) is 7.11 Å². The van der Waals surface area contributed by atoms with E-state index in [2.05, 4.69) is 19.9 Å². The van der Waals surface area contributed by atoms with Crippen molar-refractivity contribution >= 4 is 40.5 Å². The molecule has 0 atom stereocenters. The largest absolute Gasteiger partial charge is 0.466 e. The minimum atomic E-state index is -4.68. The minimum Gasteiger partial charge on any atom is -0.466 e. The normalized spacial score (nSPS) is 12.6. The number of thioether (sulfide) groups is 1. The van der Waals surface area contributed by atoms with Crippen LogP contribution < -0.4 is 0 Å². The smallest absolute Gasteiger partial charge is 0.452 e. The summed E-state index contributed by atoms with van der Waals surface area (Å²) in [6, 6.07) is 4.75. The summed E-state index contributed by atoms with van der Waals surface area (Å²) >= 11 is 1.31. The SMILES string of the molecule is COC(=O)/C=C/c1ccc2nc(SC(C)C)c3nnc(C(F)(F)F)n3c2c1. The van der Waals surface area contributed by atoms with Crippen molar-refractivity contribution in [2.45, 2.75) is 30.3 Å². The van der Waals surface area contributed by atoms with Gasteiger partial charge < -0.3 is 4.74 Å². The first-order valence-electron chi connectivity index (χ1n) is 7.89. The molecule has 0 radical (unpaired) electrons. The van der Waals surface area contributed by atoms with Gasteiger partial charge in [-0.05, 0) is 23.8 Å². The van der Waals surface area contributed by atoms with Crippen LogP contribution in [0.1, 0.15) is 25.2 Å². The number of carbonyl (C=O) groups is 1. The first kappa shape index (κ1) is 19.2. The fourth-order valence-corrected chi connectivity index (χ4v) is 3.28. The lowest BCUT2D eigenvalue weighted by Crippen LogP contribution is -2.12. The predicted octanol–water partition coefficient (Wildman–Crippen LogP) is 3.98. The summed E-state index contributed by atoms with van der Waals surface area (Å²) in [6.07, 6.45) is -2.04. The number of alkyl halides is 3. The molecule has 0 aliphatic heterocycles. The molecule has 0 saturated carbocycles. The molecule has 142 valence electrons. The average molecular weight is 396 g/mol. The monoisotopic (exact) mass is 396 g/mol. The molecule has 0 fully saturated rings. The van der Waals surface area contributed by atoms with Crippen LogP contribution in [0.3, 0.4) is 0 Å². The van der Waals surface area contributed by atoms with E-state index in [1.165, 1.54) is 37.1 Å². The van der Waals surface area contributed by atoms with Gasteiger partial charge in [0, 0.05) is 11.3 Å². The number of esters is 1. The first-order chi connectivity index (χ1) is 12.7. The Morgan fingerprint density at radius 2 is 2.04 bits per heavy atom. The lowest BCUT2D eigenvalue weighted by atomic mass is 10.1. The van der Waals surface area contributed by atoms with Gasteiger partial charge in [0.25, 0.3) is 0 Å². The van der Waals surface area contributed by atoms with Crippen LogP contribution in [-0.2, 0) is 15.7 Å². The third kappa shape index (κ3) is 3.90. The van der Waals surface area contributed by atoms with Gasteiger partial charge in [-0.3, -0.25) is 4.40 Å². The number of fused-ring (bicyclic) bond motifs is 3. The molecule has 10 heteroatoms. The predicted molar refractivity (Wildman–Crippen MR) is 95.3 cm³/mol. The zero-order valence-corrected chi connectivity index (χ0v) is 15.4. The van der Waals surface area contributed by atoms with Gasteiger partial charge in [0.1, 0.15) is 5.03 Å². The number of benzene rings is 1. The quantitative estimate of drug-likeness (QED) is 0.377. The van der Waals surface area contributed by atoms with E-state index in [0.717, 1.165) is 4.40 Å². The maximum atomic E-state index is 13.4. The second kappa shape index (κ2) is 7.18. The summed E-state index contributed by atoms with van der Waals surface area (Å²) in [7, 11) is 1.24. The number of hydrogen-bond acceptors (Lipinski definition) is 6. The second-order valence-corrected chi connectivity index (χ2v) is 7.43. The van der Waals surface area contributed by atoms with Gasteiger partial charge in [0.2, 0.25) is 5.82 Å². The van der Waals surface area contributed by atoms with E-state index >= 15 is 0 Å². The van der Waals surface area contributed by atoms with E-state index in [-0.39, 0.29) is 16.4 Å². The molecule has 0 aliphatic carbocycles. The number of carbonyl (C=O) groups excluding carboxylic acids is 1. The highest BCUT2D eigenvalue weighted by Gasteiger charge is 2.38. The molecule has 0 N–H and O–H groups in total. The number of hydrogen-bond donors (Lipinski definition) is 0. The molecule has 0 spiro atoms. The van der Waals surface area contributed by atoms with Gasteiger partial charge in [-0.1, -0.05) is 31.7 Å². The van der Waals surface area contributed by atoms with Crippen LogP contribution >= 0.6 is 11.8 Å². The van der Waals surface area contributed by atoms with Crippen molar-refractivity contribution < 1.29 is 22.7 Å². The van der Waals surface area contributed by atoms with Crippen molar-refractivity contribution in [3.8, 4) is 0 Å². The summed E-state index contributed by atoms with van der Waals surface area (Å²) < 4.78 is 45.8. The minimum absolute atomic E-state index is 0.0441. The summed E-state index contributed by atoms with van der Waals surface area (Å²) in [5.41, 5.74) is 1.12. The number of halogens is 3. The zero-order chi connectivity index (χ0) is 19.8. The Kier molecular flexibility index (Phi) is 5.09. The van der Waals surface area contributed by atoms with Gasteiger partial charge in [-0.15, -0.1) is 10.2 Å². The van der Waals surface area contributed by atoms with Crippen LogP contribution in [0.4, 0.5) is 13.2 Å². The Morgan fingerprint density at radius 1 is 1.30 bits per heavy atom. The zero-order valence-electron chi connectivity index (χ0n) is 14.6. The molecular weight excluding hydrogens is 381 g/mol. The summed E-state index contributed by atoms with van der Waals surface area (Å²) in [4.78, 5) is 15.7. The molecule has 0 saturated heterocycles. The van der Waals surface area contributed by atoms with E-state index in [1.807, 2.05) is 13.8 Å². The third-order valence-corrected chi connectivity index (χ3v) is 4.50. The fourth-order valence-electron chi connectivity index (χ4n) is 2.45. The van der Waals surface area contributed by atoms with Gasteiger partial charge in [-0.2, -0.15) is 13.2 Å². The van der Waals surface area contributed by atoms with Crippen LogP contribution in [-0.4, -0.2) is 37.9 Å². The highest BCUT2D eigenvalue weighted by atomic mass is 32.2. The van der Waals surface area contributed by atoms with Crippen molar-refractivity contribution in [3.05, 3.63) is 35.7 Å². The molecule has 6 nitrogen and oxygen atoms in total. The molecule has 27 heavy (non-hydrogen) atoms. The number of aromatic nitrogens is 4. The van der Waals surface area contributed by atoms with Crippen LogP contribution in [0.25, 0.3) is 22.8 Å². The number of ether oxygens (including phenoxy) is 1. The second-order valence-electron chi connectivity index (χ2n) is 5.87. The van der Waals surface area contributed by atoms with E-state index in [0.29, 0.717) is 16.1 Å². The third-order valence-electron chi connectivity index (χ3n) is 3.53. The molecule has 0 aliphatic rings. The molecule has 1 aromatic carbocycles. The van der Waals surface area contributed by atoms with E-state index < -0.39 is 18.0 Å². The van der Waals surface area contributed by atoms with Crippen molar-refractivity contribution in [2.24, 2.45) is 0 Å². The van der Waals surface area contributed by atoms with Gasteiger partial charge in [0.05, 0.1) is 18.1 Å². The lowest BCUT2D eigenvalue weighted by Gasteiger charge is -2.11. The summed E-state index contributed by atoms with van der Waals surface area (Å²) in [5, 5.41) is 7.54. The Labute approximate surface area is 156 Å². The molecule has 2 aromatic heterocycles. The molecule has 0 amide bonds. The Hall–Kier alpha value is -2.62. The van der Waals surface area contributed by atoms with Crippen molar-refractivity contribution in [1.82, 2.24) is 19.6 Å². The van der Waals surface area contributed by atoms with Crippen LogP contribution in [0.5, 0.6) is 0 Å². The van der Waals surface area contributed by atoms with Gasteiger partial charge >= 0.3 is 12.1 Å². The molecular formula is C17H15F3N4O2S. The van der Waals surface area contributed by atoms with Crippen LogP contribution in [0.2, 0.25) is 0 Å². The molecule has 0 unspecified atom stereocenters. The molecule has 2 heterocycles. The standard InChI is InChI=1S/C17H15F3N4O2S/c1-9(2)27-15-14-22-23-16(17(18,19)20)24(14)12-8-10(4-6-11(12)21-15)5-7-13(25)26-3/h4-9H,1-3H3/b7-5+. The Balaban J connectivity index is 2.29. The Bertz CT molecular complexity index is 1040. The molecule has 3 rings (SSSR count). The van der Waals surface area contributed by atoms with Gasteiger partial charge in [-0.25, -0.2) is 9.78 Å². The Morgan fingerprint density at radius 3 is 2.67 bits per heavy atom. The molecule has 0 bridgehead atoms. The van der Waals surface area contributed by atoms with Gasteiger partial charge in [0.15, 0.2) is 5.65 Å². The van der Waals surface area contributed by atoms with Crippen LogP contribution in [0, 0.1) is 0 Å². The highest BCUT2D eigenvalue weighted by Crippen LogP contribution is 2.34. The van der Waals surface area contributed by atoms with E-state index in [4.69, 9.17) is 0 Å². The van der Waals surface area contributed by atoms with Crippen molar-refractivity contribution in [1.29, 1.82) is 0 Å². The number of nitrogens with zero attached hydrogens (tertiary/aromatic N) is 4. The van der Waals surface area contributed by atoms with E-state index in [9.17, 15) is 18.0 Å². The fraction of sp³-hybridized carbons (Fsp3) is 0.294. The molecule has 3 aromatic rings. The van der Waals surface area contributed by atoms with Crippen LogP contribution in [0.15, 0.2) is 29.3 Å². The average Bonchev–Trinajstić information content (AvgIpc) is 3.05. The highest BCUT2D eigenvalue weighted by molar-refractivity contribution is 8.00. The maximum absolute atomic E-state index is 13.4. The van der Waals surface area contributed by atoms with Crippen molar-refractivity contribution in [3.63, 3.8) is 0 Å². The summed E-state index contributed by atoms with van der Waals surface area (Å²) in [5.74, 6) is -1.69. The lowest BCUT2D eigenvalue weighted by molar-refractivity contribution is -0.145.